The number of methoxy groups -OCH3 is 1. The normalized spacial score (nSPS) is 12.5. The number of halogens is 1. The van der Waals surface area contributed by atoms with Crippen LogP contribution >= 0.6 is 15.9 Å². The summed E-state index contributed by atoms with van der Waals surface area (Å²) in [4.78, 5) is 0. The first-order chi connectivity index (χ1) is 7.09. The minimum absolute atomic E-state index is 0.111. The molecule has 0 atom stereocenters. The van der Waals surface area contributed by atoms with E-state index in [2.05, 4.69) is 15.9 Å². The van der Waals surface area contributed by atoms with Crippen LogP contribution < -0.4 is 0 Å². The van der Waals surface area contributed by atoms with Crippen LogP contribution in [-0.2, 0) is 14.6 Å². The van der Waals surface area contributed by atoms with E-state index >= 15 is 0 Å². The zero-order valence-electron chi connectivity index (χ0n) is 8.18. The number of benzene rings is 1. The molecule has 0 N–H and O–H groups in total. The highest BCUT2D eigenvalue weighted by Crippen LogP contribution is 2.16. The SMILES string of the molecule is CO/C(=C/S(=O)(=O)CBr)c1ccccc1. The van der Waals surface area contributed by atoms with Gasteiger partial charge in [0.2, 0.25) is 0 Å². The van der Waals surface area contributed by atoms with E-state index in [1.165, 1.54) is 7.11 Å². The number of alkyl halides is 1. The van der Waals surface area contributed by atoms with Gasteiger partial charge in [0.15, 0.2) is 9.84 Å². The lowest BCUT2D eigenvalue weighted by Crippen LogP contribution is -1.98. The van der Waals surface area contributed by atoms with E-state index in [1.54, 1.807) is 12.1 Å². The number of sulfone groups is 1. The molecule has 0 radical (unpaired) electrons. The molecule has 5 heteroatoms. The number of hydrogen-bond acceptors (Lipinski definition) is 3. The molecule has 82 valence electrons. The van der Waals surface area contributed by atoms with Crippen molar-refractivity contribution in [2.75, 3.05) is 11.8 Å². The Balaban J connectivity index is 3.11. The minimum atomic E-state index is -3.25. The maximum atomic E-state index is 11.3. The van der Waals surface area contributed by atoms with Gasteiger partial charge in [-0.3, -0.25) is 0 Å². The molecule has 0 heterocycles. The van der Waals surface area contributed by atoms with Gasteiger partial charge in [0.1, 0.15) is 10.4 Å². The van der Waals surface area contributed by atoms with Crippen LogP contribution in [-0.4, -0.2) is 20.2 Å². The summed E-state index contributed by atoms with van der Waals surface area (Å²) in [6.07, 6.45) is 0. The van der Waals surface area contributed by atoms with Crippen LogP contribution in [0.2, 0.25) is 0 Å². The Morgan fingerprint density at radius 3 is 2.47 bits per heavy atom. The molecule has 0 aliphatic rings. The molecule has 3 nitrogen and oxygen atoms in total. The van der Waals surface area contributed by atoms with Crippen molar-refractivity contribution in [3.63, 3.8) is 0 Å². The molecule has 1 aromatic carbocycles. The Bertz CT molecular complexity index is 437. The highest BCUT2D eigenvalue weighted by Gasteiger charge is 2.09. The van der Waals surface area contributed by atoms with Gasteiger partial charge in [0.05, 0.1) is 12.5 Å². The van der Waals surface area contributed by atoms with Crippen LogP contribution in [0.5, 0.6) is 0 Å². The topological polar surface area (TPSA) is 43.4 Å². The molecule has 0 aromatic heterocycles. The number of ether oxygens (including phenoxy) is 1. The Hall–Kier alpha value is -0.810. The van der Waals surface area contributed by atoms with E-state index in [4.69, 9.17) is 4.74 Å². The molecule has 0 bridgehead atoms. The Labute approximate surface area is 97.8 Å². The van der Waals surface area contributed by atoms with Gasteiger partial charge in [-0.15, -0.1) is 0 Å². The Morgan fingerprint density at radius 1 is 1.40 bits per heavy atom. The predicted octanol–water partition coefficient (Wildman–Crippen LogP) is 2.40. The van der Waals surface area contributed by atoms with Crippen molar-refractivity contribution in [1.29, 1.82) is 0 Å². The van der Waals surface area contributed by atoms with Crippen molar-refractivity contribution < 1.29 is 13.2 Å². The van der Waals surface area contributed by atoms with Crippen LogP contribution in [0.3, 0.4) is 0 Å². The van der Waals surface area contributed by atoms with Gasteiger partial charge in [-0.05, 0) is 0 Å². The average Bonchev–Trinajstić information content (AvgIpc) is 2.27. The van der Waals surface area contributed by atoms with Gasteiger partial charge in [-0.2, -0.15) is 0 Å². The van der Waals surface area contributed by atoms with Gasteiger partial charge in [0.25, 0.3) is 0 Å². The van der Waals surface area contributed by atoms with Crippen molar-refractivity contribution >= 4 is 31.5 Å². The second kappa shape index (κ2) is 5.32. The van der Waals surface area contributed by atoms with Crippen molar-refractivity contribution in [2.45, 2.75) is 0 Å². The molecule has 0 saturated carbocycles. The van der Waals surface area contributed by atoms with Gasteiger partial charge in [-0.1, -0.05) is 46.3 Å². The highest BCUT2D eigenvalue weighted by atomic mass is 79.9. The van der Waals surface area contributed by atoms with E-state index in [-0.39, 0.29) is 4.66 Å². The molecule has 1 rings (SSSR count). The second-order valence-electron chi connectivity index (χ2n) is 2.82. The third-order valence-electron chi connectivity index (χ3n) is 1.72. The van der Waals surface area contributed by atoms with E-state index in [1.807, 2.05) is 18.2 Å². The first-order valence-corrected chi connectivity index (χ1v) is 7.02. The fourth-order valence-corrected chi connectivity index (χ4v) is 2.05. The zero-order chi connectivity index (χ0) is 11.3. The van der Waals surface area contributed by atoms with Crippen LogP contribution in [0.4, 0.5) is 0 Å². The Morgan fingerprint density at radius 2 is 2.00 bits per heavy atom. The molecular weight excluding hydrogens is 280 g/mol. The molecule has 0 amide bonds. The first kappa shape index (κ1) is 12.3. The van der Waals surface area contributed by atoms with Crippen LogP contribution in [0.25, 0.3) is 5.76 Å². The summed E-state index contributed by atoms with van der Waals surface area (Å²) in [5.74, 6) is 0.343. The third kappa shape index (κ3) is 3.68. The smallest absolute Gasteiger partial charge is 0.185 e. The molecule has 0 aliphatic heterocycles. The molecular formula is C10H11BrO3S. The van der Waals surface area contributed by atoms with Crippen LogP contribution in [0.15, 0.2) is 35.7 Å². The Kier molecular flexibility index (Phi) is 4.35. The lowest BCUT2D eigenvalue weighted by Gasteiger charge is -2.05. The lowest BCUT2D eigenvalue weighted by molar-refractivity contribution is 0.370. The molecule has 0 fully saturated rings. The fraction of sp³-hybridized carbons (Fsp3) is 0.200. The maximum Gasteiger partial charge on any atom is 0.185 e. The van der Waals surface area contributed by atoms with Gasteiger partial charge in [-0.25, -0.2) is 8.42 Å². The summed E-state index contributed by atoms with van der Waals surface area (Å²) in [6.45, 7) is 0. The molecule has 0 unspecified atom stereocenters. The molecule has 0 spiro atoms. The van der Waals surface area contributed by atoms with Crippen molar-refractivity contribution in [3.05, 3.63) is 41.3 Å². The zero-order valence-corrected chi connectivity index (χ0v) is 10.6. The van der Waals surface area contributed by atoms with Gasteiger partial charge >= 0.3 is 0 Å². The van der Waals surface area contributed by atoms with Crippen molar-refractivity contribution in [2.24, 2.45) is 0 Å². The summed E-state index contributed by atoms with van der Waals surface area (Å²) in [6, 6.07) is 9.08. The highest BCUT2D eigenvalue weighted by molar-refractivity contribution is 9.10. The summed E-state index contributed by atoms with van der Waals surface area (Å²) in [5.41, 5.74) is 0.740. The van der Waals surface area contributed by atoms with Gasteiger partial charge < -0.3 is 4.74 Å². The minimum Gasteiger partial charge on any atom is -0.495 e. The molecule has 15 heavy (non-hydrogen) atoms. The van der Waals surface area contributed by atoms with Crippen molar-refractivity contribution in [1.82, 2.24) is 0 Å². The van der Waals surface area contributed by atoms with Crippen LogP contribution in [0, 0.1) is 0 Å². The number of rotatable bonds is 4. The van der Waals surface area contributed by atoms with Gasteiger partial charge in [0, 0.05) is 5.56 Å². The quantitative estimate of drug-likeness (QED) is 0.632. The summed E-state index contributed by atoms with van der Waals surface area (Å²) in [5, 5.41) is 1.12. The fourth-order valence-electron chi connectivity index (χ4n) is 1.03. The second-order valence-corrected chi connectivity index (χ2v) is 5.98. The summed E-state index contributed by atoms with van der Waals surface area (Å²) < 4.78 is 27.6. The monoisotopic (exact) mass is 290 g/mol. The van der Waals surface area contributed by atoms with E-state index in [9.17, 15) is 8.42 Å². The number of hydrogen-bond donors (Lipinski definition) is 0. The standard InChI is InChI=1S/C10H11BrO3S/c1-14-10(7-15(12,13)8-11)9-5-3-2-4-6-9/h2-7H,8H2,1H3/b10-7+. The largest absolute Gasteiger partial charge is 0.495 e. The van der Waals surface area contributed by atoms with Crippen molar-refractivity contribution in [3.8, 4) is 0 Å². The summed E-state index contributed by atoms with van der Waals surface area (Å²) in [7, 11) is -1.80. The first-order valence-electron chi connectivity index (χ1n) is 4.19. The molecule has 0 saturated heterocycles. The maximum absolute atomic E-state index is 11.3. The average molecular weight is 291 g/mol. The van der Waals surface area contributed by atoms with E-state index in [0.717, 1.165) is 11.0 Å². The predicted molar refractivity (Wildman–Crippen MR) is 64.1 cm³/mol. The molecule has 0 aliphatic carbocycles. The third-order valence-corrected chi connectivity index (χ3v) is 4.51. The summed E-state index contributed by atoms with van der Waals surface area (Å²) >= 11 is 2.91. The molecule has 1 aromatic rings. The van der Waals surface area contributed by atoms with E-state index in [0.29, 0.717) is 5.76 Å². The van der Waals surface area contributed by atoms with Crippen LogP contribution in [0.1, 0.15) is 5.56 Å². The van der Waals surface area contributed by atoms with E-state index < -0.39 is 9.84 Å². The lowest BCUT2D eigenvalue weighted by atomic mass is 10.2.